The van der Waals surface area contributed by atoms with Crippen molar-refractivity contribution in [1.82, 2.24) is 4.90 Å². The molecule has 1 heterocycles. The first kappa shape index (κ1) is 15.8. The molecular formula is C11H18F3N3O2. The zero-order valence-corrected chi connectivity index (χ0v) is 10.6. The minimum Gasteiger partial charge on any atom is -0.394 e. The van der Waals surface area contributed by atoms with Crippen molar-refractivity contribution < 1.29 is 23.1 Å². The molecule has 0 unspecified atom stereocenters. The van der Waals surface area contributed by atoms with Crippen LogP contribution in [0.15, 0.2) is 11.3 Å². The van der Waals surface area contributed by atoms with Crippen LogP contribution in [0.5, 0.6) is 0 Å². The van der Waals surface area contributed by atoms with Gasteiger partial charge in [0.15, 0.2) is 0 Å². The van der Waals surface area contributed by atoms with E-state index in [-0.39, 0.29) is 12.8 Å². The molecule has 1 fully saturated rings. The van der Waals surface area contributed by atoms with Crippen molar-refractivity contribution in [3.63, 3.8) is 0 Å². The Labute approximate surface area is 109 Å². The third-order valence-electron chi connectivity index (χ3n) is 3.35. The number of alkyl halides is 3. The van der Waals surface area contributed by atoms with E-state index in [0.29, 0.717) is 13.1 Å². The van der Waals surface area contributed by atoms with Gasteiger partial charge in [0.1, 0.15) is 5.70 Å². The summed E-state index contributed by atoms with van der Waals surface area (Å²) in [4.78, 5) is 13.1. The number of aliphatic hydroxyl groups is 1. The topological polar surface area (TPSA) is 92.6 Å². The molecule has 1 rings (SSSR count). The number of halogens is 3. The lowest BCUT2D eigenvalue weighted by Crippen LogP contribution is -2.44. The van der Waals surface area contributed by atoms with Crippen LogP contribution in [0.25, 0.3) is 0 Å². The van der Waals surface area contributed by atoms with Crippen LogP contribution in [0, 0.1) is 0 Å². The van der Waals surface area contributed by atoms with E-state index >= 15 is 0 Å². The zero-order chi connectivity index (χ0) is 14.8. The predicted molar refractivity (Wildman–Crippen MR) is 62.8 cm³/mol. The molecule has 110 valence electrons. The fourth-order valence-electron chi connectivity index (χ4n) is 2.03. The number of rotatable bonds is 3. The molecule has 0 saturated carbocycles. The van der Waals surface area contributed by atoms with Crippen molar-refractivity contribution in [2.24, 2.45) is 11.5 Å². The Balaban J connectivity index is 2.95. The molecule has 1 aliphatic rings. The molecule has 0 aliphatic carbocycles. The van der Waals surface area contributed by atoms with E-state index < -0.39 is 35.4 Å². The van der Waals surface area contributed by atoms with Crippen molar-refractivity contribution in [3.8, 4) is 0 Å². The maximum atomic E-state index is 12.5. The number of carbonyl (C=O) groups is 1. The molecule has 19 heavy (non-hydrogen) atoms. The SMILES string of the molecule is CN1CCC(O)(C/C(C(N)=O)=C(/N)C(F)(F)F)CC1. The Bertz CT molecular complexity index is 385. The van der Waals surface area contributed by atoms with Crippen molar-refractivity contribution in [2.45, 2.75) is 31.0 Å². The average molecular weight is 281 g/mol. The highest BCUT2D eigenvalue weighted by Gasteiger charge is 2.40. The molecule has 0 bridgehead atoms. The van der Waals surface area contributed by atoms with E-state index in [1.54, 1.807) is 0 Å². The first-order valence-corrected chi connectivity index (χ1v) is 5.82. The number of hydrogen-bond donors (Lipinski definition) is 3. The Hall–Kier alpha value is -1.28. The van der Waals surface area contributed by atoms with E-state index in [4.69, 9.17) is 11.5 Å². The molecule has 1 aliphatic heterocycles. The van der Waals surface area contributed by atoms with E-state index in [2.05, 4.69) is 0 Å². The van der Waals surface area contributed by atoms with Gasteiger partial charge in [0.25, 0.3) is 0 Å². The summed E-state index contributed by atoms with van der Waals surface area (Å²) in [5.74, 6) is -1.25. The molecule has 1 amide bonds. The largest absolute Gasteiger partial charge is 0.431 e. The first-order chi connectivity index (χ1) is 8.55. The number of nitrogens with zero attached hydrogens (tertiary/aromatic N) is 1. The van der Waals surface area contributed by atoms with Gasteiger partial charge in [-0.05, 0) is 19.9 Å². The maximum Gasteiger partial charge on any atom is 0.431 e. The fourth-order valence-corrected chi connectivity index (χ4v) is 2.03. The van der Waals surface area contributed by atoms with Crippen LogP contribution in [0.1, 0.15) is 19.3 Å². The van der Waals surface area contributed by atoms with Gasteiger partial charge in [-0.3, -0.25) is 4.79 Å². The summed E-state index contributed by atoms with van der Waals surface area (Å²) < 4.78 is 37.6. The molecular weight excluding hydrogens is 263 g/mol. The van der Waals surface area contributed by atoms with Gasteiger partial charge in [-0.2, -0.15) is 13.2 Å². The zero-order valence-electron chi connectivity index (χ0n) is 10.6. The third kappa shape index (κ3) is 4.10. The smallest absolute Gasteiger partial charge is 0.394 e. The minimum atomic E-state index is -4.83. The second-order valence-electron chi connectivity index (χ2n) is 4.96. The molecule has 0 radical (unpaired) electrons. The van der Waals surface area contributed by atoms with Gasteiger partial charge < -0.3 is 21.5 Å². The van der Waals surface area contributed by atoms with Gasteiger partial charge in [-0.15, -0.1) is 0 Å². The summed E-state index contributed by atoms with van der Waals surface area (Å²) in [5, 5.41) is 10.2. The lowest BCUT2D eigenvalue weighted by atomic mass is 9.84. The second-order valence-corrected chi connectivity index (χ2v) is 4.96. The summed E-state index contributed by atoms with van der Waals surface area (Å²) in [5.41, 5.74) is 6.23. The molecule has 0 aromatic rings. The molecule has 0 aromatic heterocycles. The van der Waals surface area contributed by atoms with Gasteiger partial charge in [-0.25, -0.2) is 0 Å². The normalized spacial score (nSPS) is 21.9. The van der Waals surface area contributed by atoms with Crippen LogP contribution in [0.2, 0.25) is 0 Å². The summed E-state index contributed by atoms with van der Waals surface area (Å²) in [6.07, 6.45) is -4.76. The summed E-state index contributed by atoms with van der Waals surface area (Å²) in [7, 11) is 1.84. The maximum absolute atomic E-state index is 12.5. The Kier molecular flexibility index (Phi) is 4.46. The van der Waals surface area contributed by atoms with Crippen LogP contribution in [0.4, 0.5) is 13.2 Å². The van der Waals surface area contributed by atoms with Crippen LogP contribution in [-0.4, -0.2) is 47.8 Å². The quantitative estimate of drug-likeness (QED) is 0.639. The number of primary amides is 1. The fraction of sp³-hybridized carbons (Fsp3) is 0.727. The van der Waals surface area contributed by atoms with Crippen LogP contribution < -0.4 is 11.5 Å². The van der Waals surface area contributed by atoms with Gasteiger partial charge >= 0.3 is 6.18 Å². The highest BCUT2D eigenvalue weighted by molar-refractivity contribution is 5.93. The number of likely N-dealkylation sites (tertiary alicyclic amines) is 1. The van der Waals surface area contributed by atoms with E-state index in [0.717, 1.165) is 0 Å². The monoisotopic (exact) mass is 281 g/mol. The Morgan fingerprint density at radius 2 is 1.79 bits per heavy atom. The lowest BCUT2D eigenvalue weighted by Gasteiger charge is -2.37. The number of piperidine rings is 1. The van der Waals surface area contributed by atoms with E-state index in [1.165, 1.54) is 0 Å². The van der Waals surface area contributed by atoms with Gasteiger partial charge in [0.2, 0.25) is 5.91 Å². The molecule has 0 spiro atoms. The summed E-state index contributed by atoms with van der Waals surface area (Å²) >= 11 is 0. The molecule has 8 heteroatoms. The van der Waals surface area contributed by atoms with Crippen LogP contribution in [0.3, 0.4) is 0 Å². The van der Waals surface area contributed by atoms with Crippen LogP contribution >= 0.6 is 0 Å². The van der Waals surface area contributed by atoms with E-state index in [1.807, 2.05) is 11.9 Å². The Morgan fingerprint density at radius 1 is 1.32 bits per heavy atom. The van der Waals surface area contributed by atoms with Crippen molar-refractivity contribution in [1.29, 1.82) is 0 Å². The van der Waals surface area contributed by atoms with Gasteiger partial charge in [0, 0.05) is 25.1 Å². The highest BCUT2D eigenvalue weighted by atomic mass is 19.4. The van der Waals surface area contributed by atoms with Crippen molar-refractivity contribution in [2.75, 3.05) is 20.1 Å². The lowest BCUT2D eigenvalue weighted by molar-refractivity contribution is -0.118. The van der Waals surface area contributed by atoms with Gasteiger partial charge in [-0.1, -0.05) is 0 Å². The highest BCUT2D eigenvalue weighted by Crippen LogP contribution is 2.32. The molecule has 0 atom stereocenters. The summed E-state index contributed by atoms with van der Waals surface area (Å²) in [6.45, 7) is 1.07. The first-order valence-electron chi connectivity index (χ1n) is 5.82. The standard InChI is InChI=1S/C11H18F3N3O2/c1-17-4-2-10(19,3-5-17)6-7(9(16)18)8(15)11(12,13)14/h19H,2-6,15H2,1H3,(H2,16,18)/b8-7-. The van der Waals surface area contributed by atoms with E-state index in [9.17, 15) is 23.1 Å². The third-order valence-corrected chi connectivity index (χ3v) is 3.35. The molecule has 5 N–H and O–H groups in total. The second kappa shape index (κ2) is 5.38. The number of hydrogen-bond acceptors (Lipinski definition) is 4. The predicted octanol–water partition coefficient (Wildman–Crippen LogP) is 0.0936. The van der Waals surface area contributed by atoms with Crippen molar-refractivity contribution in [3.05, 3.63) is 11.3 Å². The summed E-state index contributed by atoms with van der Waals surface area (Å²) in [6, 6.07) is 0. The molecule has 0 aromatic carbocycles. The van der Waals surface area contributed by atoms with Crippen LogP contribution in [-0.2, 0) is 4.79 Å². The number of nitrogens with two attached hydrogens (primary N) is 2. The number of carbonyl (C=O) groups excluding carboxylic acids is 1. The molecule has 1 saturated heterocycles. The Morgan fingerprint density at radius 3 is 2.16 bits per heavy atom. The number of allylic oxidation sites excluding steroid dienone is 1. The number of amides is 1. The van der Waals surface area contributed by atoms with Gasteiger partial charge in [0.05, 0.1) is 5.60 Å². The molecule has 5 nitrogen and oxygen atoms in total. The minimum absolute atomic E-state index is 0.269. The average Bonchev–Trinajstić information content (AvgIpc) is 2.28. The van der Waals surface area contributed by atoms with Crippen molar-refractivity contribution >= 4 is 5.91 Å².